The third-order valence-corrected chi connectivity index (χ3v) is 3.72. The highest BCUT2D eigenvalue weighted by Gasteiger charge is 2.45. The highest BCUT2D eigenvalue weighted by molar-refractivity contribution is 5.73. The van der Waals surface area contributed by atoms with Crippen LogP contribution in [0.3, 0.4) is 0 Å². The van der Waals surface area contributed by atoms with E-state index >= 15 is 0 Å². The predicted octanol–water partition coefficient (Wildman–Crippen LogP) is -1.21. The van der Waals surface area contributed by atoms with E-state index in [-0.39, 0.29) is 6.61 Å². The van der Waals surface area contributed by atoms with Crippen LogP contribution in [0.5, 0.6) is 0 Å². The van der Waals surface area contributed by atoms with Crippen molar-refractivity contribution in [3.05, 3.63) is 35.9 Å². The van der Waals surface area contributed by atoms with Crippen molar-refractivity contribution in [1.82, 2.24) is 10.8 Å². The molecule has 0 aromatic heterocycles. The second-order valence-electron chi connectivity index (χ2n) is 5.71. The summed E-state index contributed by atoms with van der Waals surface area (Å²) in [6, 6.07) is 7.79. The summed E-state index contributed by atoms with van der Waals surface area (Å²) in [5.74, 6) is -0.507. The van der Waals surface area contributed by atoms with E-state index in [1.54, 1.807) is 24.3 Å². The van der Waals surface area contributed by atoms with E-state index in [0.29, 0.717) is 0 Å². The number of rotatable bonds is 6. The summed E-state index contributed by atoms with van der Waals surface area (Å²) in [6.45, 7) is 0.621. The van der Waals surface area contributed by atoms with Gasteiger partial charge in [0, 0.05) is 6.92 Å². The molecule has 2 amide bonds. The zero-order valence-electron chi connectivity index (χ0n) is 14.1. The fourth-order valence-electron chi connectivity index (χ4n) is 2.43. The van der Waals surface area contributed by atoms with Gasteiger partial charge in [-0.25, -0.2) is 9.63 Å². The Labute approximate surface area is 149 Å². The normalized spacial score (nSPS) is 28.2. The molecule has 0 aliphatic carbocycles. The highest BCUT2D eigenvalue weighted by Crippen LogP contribution is 2.21. The molecule has 144 valence electrons. The number of carbonyl (C=O) groups excluding carboxylic acids is 2. The molecule has 2 rings (SSSR count). The Hall–Kier alpha value is -2.24. The van der Waals surface area contributed by atoms with Crippen molar-refractivity contribution in [3.8, 4) is 0 Å². The molecule has 1 saturated heterocycles. The summed E-state index contributed by atoms with van der Waals surface area (Å²) in [4.78, 5) is 28.1. The van der Waals surface area contributed by atoms with Gasteiger partial charge < -0.3 is 30.1 Å². The smallest absolute Gasteiger partial charge is 0.431 e. The minimum absolute atomic E-state index is 0.0112. The number of benzene rings is 1. The lowest BCUT2D eigenvalue weighted by atomic mass is 9.97. The molecule has 10 nitrogen and oxygen atoms in total. The molecule has 0 bridgehead atoms. The SMILES string of the molecule is CC(=O)NC1C(ONC(=O)OCc2ccccc2)OC(CO)C(O)C1O. The first-order valence-corrected chi connectivity index (χ1v) is 7.94. The number of hydrogen-bond acceptors (Lipinski definition) is 8. The molecule has 26 heavy (non-hydrogen) atoms. The molecule has 1 heterocycles. The molecule has 0 spiro atoms. The molecular formula is C16H22N2O8. The van der Waals surface area contributed by atoms with E-state index in [1.165, 1.54) is 6.92 Å². The van der Waals surface area contributed by atoms with Crippen molar-refractivity contribution in [2.24, 2.45) is 0 Å². The molecule has 1 fully saturated rings. The van der Waals surface area contributed by atoms with Crippen LogP contribution in [0.25, 0.3) is 0 Å². The van der Waals surface area contributed by atoms with Gasteiger partial charge in [-0.3, -0.25) is 4.79 Å². The van der Waals surface area contributed by atoms with Crippen LogP contribution < -0.4 is 10.8 Å². The molecule has 5 atom stereocenters. The number of hydroxylamine groups is 1. The van der Waals surface area contributed by atoms with Crippen molar-refractivity contribution >= 4 is 12.0 Å². The fraction of sp³-hybridized carbons (Fsp3) is 0.500. The third kappa shape index (κ3) is 5.38. The maximum absolute atomic E-state index is 11.7. The molecule has 0 radical (unpaired) electrons. The first-order valence-electron chi connectivity index (χ1n) is 7.94. The Morgan fingerprint density at radius 1 is 1.19 bits per heavy atom. The van der Waals surface area contributed by atoms with Gasteiger partial charge in [-0.2, -0.15) is 5.48 Å². The first-order chi connectivity index (χ1) is 12.4. The number of amides is 2. The second kappa shape index (κ2) is 9.46. The zero-order valence-corrected chi connectivity index (χ0v) is 14.1. The highest BCUT2D eigenvalue weighted by atomic mass is 16.8. The summed E-state index contributed by atoms with van der Waals surface area (Å²) in [5.41, 5.74) is 2.76. The fourth-order valence-corrected chi connectivity index (χ4v) is 2.43. The van der Waals surface area contributed by atoms with Gasteiger partial charge in [-0.1, -0.05) is 30.3 Å². The van der Waals surface area contributed by atoms with Crippen LogP contribution in [0.15, 0.2) is 30.3 Å². The Morgan fingerprint density at radius 2 is 1.88 bits per heavy atom. The molecule has 1 aromatic carbocycles. The summed E-state index contributed by atoms with van der Waals surface area (Å²) < 4.78 is 10.2. The van der Waals surface area contributed by atoms with E-state index in [2.05, 4.69) is 5.32 Å². The average molecular weight is 370 g/mol. The number of aliphatic hydroxyl groups is 3. The number of aliphatic hydroxyl groups excluding tert-OH is 3. The van der Waals surface area contributed by atoms with Gasteiger partial charge in [0.15, 0.2) is 0 Å². The summed E-state index contributed by atoms with van der Waals surface area (Å²) in [7, 11) is 0. The zero-order chi connectivity index (χ0) is 19.1. The number of ether oxygens (including phenoxy) is 2. The largest absolute Gasteiger partial charge is 0.443 e. The lowest BCUT2D eigenvalue weighted by Gasteiger charge is -2.41. The second-order valence-corrected chi connectivity index (χ2v) is 5.71. The van der Waals surface area contributed by atoms with E-state index < -0.39 is 49.3 Å². The number of hydrogen-bond donors (Lipinski definition) is 5. The van der Waals surface area contributed by atoms with Crippen LogP contribution in [0.1, 0.15) is 12.5 Å². The van der Waals surface area contributed by atoms with Gasteiger partial charge in [0.25, 0.3) is 0 Å². The first kappa shape index (κ1) is 20.1. The Balaban J connectivity index is 1.91. The molecular weight excluding hydrogens is 348 g/mol. The topological polar surface area (TPSA) is 147 Å². The van der Waals surface area contributed by atoms with E-state index in [9.17, 15) is 24.9 Å². The van der Waals surface area contributed by atoms with E-state index in [4.69, 9.17) is 14.3 Å². The van der Waals surface area contributed by atoms with Gasteiger partial charge in [-0.05, 0) is 5.56 Å². The average Bonchev–Trinajstić information content (AvgIpc) is 2.63. The quantitative estimate of drug-likeness (QED) is 0.392. The number of nitrogens with one attached hydrogen (secondary N) is 2. The van der Waals surface area contributed by atoms with E-state index in [0.717, 1.165) is 5.56 Å². The molecule has 0 saturated carbocycles. The standard InChI is InChI=1S/C16H22N2O8/c1-9(20)17-12-14(22)13(21)11(7-19)25-15(12)26-18-16(23)24-8-10-5-3-2-4-6-10/h2-6,11-15,19,21-22H,7-8H2,1H3,(H,17,20)(H,18,23). The van der Waals surface area contributed by atoms with Crippen molar-refractivity contribution < 1.29 is 39.2 Å². The van der Waals surface area contributed by atoms with Crippen molar-refractivity contribution in [1.29, 1.82) is 0 Å². The number of carbonyl (C=O) groups is 2. The molecule has 10 heteroatoms. The van der Waals surface area contributed by atoms with Gasteiger partial charge in [0.05, 0.1) is 6.61 Å². The van der Waals surface area contributed by atoms with Crippen LogP contribution in [0, 0.1) is 0 Å². The molecule has 1 aromatic rings. The lowest BCUT2D eigenvalue weighted by Crippen LogP contribution is -2.65. The molecule has 5 unspecified atom stereocenters. The maximum Gasteiger partial charge on any atom is 0.431 e. The van der Waals surface area contributed by atoms with Crippen molar-refractivity contribution in [2.75, 3.05) is 6.61 Å². The van der Waals surface area contributed by atoms with Crippen LogP contribution in [0.4, 0.5) is 4.79 Å². The van der Waals surface area contributed by atoms with Crippen LogP contribution >= 0.6 is 0 Å². The summed E-state index contributed by atoms with van der Waals surface area (Å²) >= 11 is 0. The van der Waals surface area contributed by atoms with Gasteiger partial charge in [0.2, 0.25) is 12.2 Å². The Morgan fingerprint density at radius 3 is 2.50 bits per heavy atom. The van der Waals surface area contributed by atoms with Gasteiger partial charge >= 0.3 is 6.09 Å². The Bertz CT molecular complexity index is 599. The summed E-state index contributed by atoms with van der Waals surface area (Å²) in [6.07, 6.45) is -6.33. The minimum atomic E-state index is -1.48. The van der Waals surface area contributed by atoms with Crippen LogP contribution in [-0.4, -0.2) is 64.6 Å². The maximum atomic E-state index is 11.7. The third-order valence-electron chi connectivity index (χ3n) is 3.72. The summed E-state index contributed by atoms with van der Waals surface area (Å²) in [5, 5.41) is 31.5. The van der Waals surface area contributed by atoms with Crippen molar-refractivity contribution in [2.45, 2.75) is 44.2 Å². The minimum Gasteiger partial charge on any atom is -0.443 e. The Kier molecular flexibility index (Phi) is 7.30. The molecule has 1 aliphatic rings. The molecule has 5 N–H and O–H groups in total. The van der Waals surface area contributed by atoms with E-state index in [1.807, 2.05) is 11.5 Å². The lowest BCUT2D eigenvalue weighted by molar-refractivity contribution is -0.283. The molecule has 1 aliphatic heterocycles. The van der Waals surface area contributed by atoms with Crippen molar-refractivity contribution in [3.63, 3.8) is 0 Å². The van der Waals surface area contributed by atoms with Gasteiger partial charge in [-0.15, -0.1) is 0 Å². The monoisotopic (exact) mass is 370 g/mol. The van der Waals surface area contributed by atoms with Crippen LogP contribution in [-0.2, 0) is 25.7 Å². The van der Waals surface area contributed by atoms with Crippen LogP contribution in [0.2, 0.25) is 0 Å². The van der Waals surface area contributed by atoms with Gasteiger partial charge in [0.1, 0.15) is 31.0 Å². The predicted molar refractivity (Wildman–Crippen MR) is 86.2 cm³/mol.